The van der Waals surface area contributed by atoms with E-state index in [1.165, 1.54) is 5.69 Å². The van der Waals surface area contributed by atoms with Crippen LogP contribution in [0.3, 0.4) is 0 Å². The highest BCUT2D eigenvalue weighted by Crippen LogP contribution is 2.33. The highest BCUT2D eigenvalue weighted by atomic mass is 16.1. The Balaban J connectivity index is 2.13. The van der Waals surface area contributed by atoms with Crippen molar-refractivity contribution < 1.29 is 4.79 Å². The number of para-hydroxylation sites is 1. The van der Waals surface area contributed by atoms with Gasteiger partial charge in [-0.3, -0.25) is 4.79 Å². The lowest BCUT2D eigenvalue weighted by Crippen LogP contribution is -2.22. The fourth-order valence-electron chi connectivity index (χ4n) is 3.20. The Hall–Kier alpha value is -2.87. The van der Waals surface area contributed by atoms with Crippen LogP contribution < -0.4 is 4.90 Å². The minimum atomic E-state index is 0.0607. The molecule has 2 nitrogen and oxygen atoms in total. The third-order valence-corrected chi connectivity index (χ3v) is 4.51. The molecule has 3 rings (SSSR count). The number of rotatable bonds is 6. The van der Waals surface area contributed by atoms with Gasteiger partial charge < -0.3 is 4.90 Å². The Kier molecular flexibility index (Phi) is 5.30. The fourth-order valence-corrected chi connectivity index (χ4v) is 3.20. The van der Waals surface area contributed by atoms with Crippen molar-refractivity contribution in [1.82, 2.24) is 0 Å². The predicted molar refractivity (Wildman–Crippen MR) is 105 cm³/mol. The van der Waals surface area contributed by atoms with Crippen molar-refractivity contribution in [3.05, 3.63) is 90.0 Å². The van der Waals surface area contributed by atoms with E-state index in [9.17, 15) is 4.79 Å². The molecule has 3 aromatic rings. The van der Waals surface area contributed by atoms with Gasteiger partial charge in [0.1, 0.15) is 0 Å². The van der Waals surface area contributed by atoms with E-state index in [1.807, 2.05) is 60.7 Å². The maximum atomic E-state index is 13.0. The van der Waals surface area contributed by atoms with Crippen molar-refractivity contribution in [3.8, 4) is 11.1 Å². The van der Waals surface area contributed by atoms with E-state index in [4.69, 9.17) is 0 Å². The van der Waals surface area contributed by atoms with Crippen LogP contribution in [-0.4, -0.2) is 18.9 Å². The van der Waals surface area contributed by atoms with E-state index in [0.29, 0.717) is 0 Å². The van der Waals surface area contributed by atoms with Crippen LogP contribution in [0.2, 0.25) is 0 Å². The molecule has 0 heterocycles. The van der Waals surface area contributed by atoms with Crippen molar-refractivity contribution in [3.63, 3.8) is 0 Å². The Morgan fingerprint density at radius 3 is 1.96 bits per heavy atom. The smallest absolute Gasteiger partial charge is 0.193 e. The molecule has 0 aromatic heterocycles. The van der Waals surface area contributed by atoms with Crippen molar-refractivity contribution >= 4 is 11.5 Å². The lowest BCUT2D eigenvalue weighted by molar-refractivity contribution is 0.103. The second-order valence-corrected chi connectivity index (χ2v) is 5.93. The zero-order valence-electron chi connectivity index (χ0n) is 14.8. The average molecular weight is 329 g/mol. The molecule has 0 aliphatic heterocycles. The fraction of sp³-hybridized carbons (Fsp3) is 0.174. The number of anilines is 1. The standard InChI is InChI=1S/C23H23NO/c1-3-24(4-2)22-17-11-10-15-20(22)19-14-8-9-16-21(19)23(25)18-12-6-5-7-13-18/h5-17H,3-4H2,1-2H3. The first-order chi connectivity index (χ1) is 12.3. The molecule has 0 aliphatic carbocycles. The van der Waals surface area contributed by atoms with Gasteiger partial charge in [-0.05, 0) is 25.5 Å². The normalized spacial score (nSPS) is 10.5. The Bertz CT molecular complexity index is 851. The van der Waals surface area contributed by atoms with Crippen molar-refractivity contribution in [1.29, 1.82) is 0 Å². The lowest BCUT2D eigenvalue weighted by Gasteiger charge is -2.25. The molecule has 3 aromatic carbocycles. The molecular weight excluding hydrogens is 306 g/mol. The van der Waals surface area contributed by atoms with Crippen LogP contribution in [0.25, 0.3) is 11.1 Å². The van der Waals surface area contributed by atoms with Gasteiger partial charge in [-0.2, -0.15) is 0 Å². The predicted octanol–water partition coefficient (Wildman–Crippen LogP) is 5.43. The Labute approximate surface area is 149 Å². The molecule has 126 valence electrons. The van der Waals surface area contributed by atoms with Crippen LogP contribution in [0.4, 0.5) is 5.69 Å². The van der Waals surface area contributed by atoms with Crippen molar-refractivity contribution in [2.45, 2.75) is 13.8 Å². The van der Waals surface area contributed by atoms with Crippen molar-refractivity contribution in [2.24, 2.45) is 0 Å². The van der Waals surface area contributed by atoms with E-state index < -0.39 is 0 Å². The summed E-state index contributed by atoms with van der Waals surface area (Å²) in [6, 6.07) is 25.7. The largest absolute Gasteiger partial charge is 0.372 e. The van der Waals surface area contributed by atoms with Gasteiger partial charge in [0.25, 0.3) is 0 Å². The summed E-state index contributed by atoms with van der Waals surface area (Å²) < 4.78 is 0. The quantitative estimate of drug-likeness (QED) is 0.562. The van der Waals surface area contributed by atoms with Gasteiger partial charge >= 0.3 is 0 Å². The van der Waals surface area contributed by atoms with E-state index in [0.717, 1.165) is 35.3 Å². The van der Waals surface area contributed by atoms with Gasteiger partial charge in [0, 0.05) is 35.5 Å². The number of carbonyl (C=O) groups excluding carboxylic acids is 1. The molecule has 0 atom stereocenters. The lowest BCUT2D eigenvalue weighted by atomic mass is 9.93. The summed E-state index contributed by atoms with van der Waals surface area (Å²) in [6.07, 6.45) is 0. The number of carbonyl (C=O) groups is 1. The second-order valence-electron chi connectivity index (χ2n) is 5.93. The molecule has 0 saturated carbocycles. The van der Waals surface area contributed by atoms with Crippen LogP contribution >= 0.6 is 0 Å². The summed E-state index contributed by atoms with van der Waals surface area (Å²) in [6.45, 7) is 6.17. The minimum absolute atomic E-state index is 0.0607. The van der Waals surface area contributed by atoms with Crippen LogP contribution in [-0.2, 0) is 0 Å². The first kappa shape index (κ1) is 17.0. The first-order valence-corrected chi connectivity index (χ1v) is 8.79. The molecule has 0 bridgehead atoms. The molecule has 0 radical (unpaired) electrons. The summed E-state index contributed by atoms with van der Waals surface area (Å²) in [4.78, 5) is 15.4. The zero-order chi connectivity index (χ0) is 17.6. The van der Waals surface area contributed by atoms with E-state index >= 15 is 0 Å². The molecule has 25 heavy (non-hydrogen) atoms. The SMILES string of the molecule is CCN(CC)c1ccccc1-c1ccccc1C(=O)c1ccccc1. The first-order valence-electron chi connectivity index (χ1n) is 8.79. The van der Waals surface area contributed by atoms with Crippen LogP contribution in [0.15, 0.2) is 78.9 Å². The number of ketones is 1. The molecule has 0 N–H and O–H groups in total. The molecular formula is C23H23NO. The monoisotopic (exact) mass is 329 g/mol. The molecule has 2 heteroatoms. The van der Waals surface area contributed by atoms with Gasteiger partial charge in [0.15, 0.2) is 5.78 Å². The van der Waals surface area contributed by atoms with Gasteiger partial charge in [-0.1, -0.05) is 72.8 Å². The van der Waals surface area contributed by atoms with Gasteiger partial charge in [-0.25, -0.2) is 0 Å². The van der Waals surface area contributed by atoms with Gasteiger partial charge in [0.05, 0.1) is 0 Å². The zero-order valence-corrected chi connectivity index (χ0v) is 14.8. The number of benzene rings is 3. The summed E-state index contributed by atoms with van der Waals surface area (Å²) in [7, 11) is 0. The Morgan fingerprint density at radius 2 is 1.28 bits per heavy atom. The molecule has 0 fully saturated rings. The summed E-state index contributed by atoms with van der Waals surface area (Å²) >= 11 is 0. The van der Waals surface area contributed by atoms with Crippen LogP contribution in [0.1, 0.15) is 29.8 Å². The third-order valence-electron chi connectivity index (χ3n) is 4.51. The van der Waals surface area contributed by atoms with Gasteiger partial charge in [-0.15, -0.1) is 0 Å². The second kappa shape index (κ2) is 7.80. The number of nitrogens with zero attached hydrogens (tertiary/aromatic N) is 1. The summed E-state index contributed by atoms with van der Waals surface area (Å²) in [5.41, 5.74) is 4.72. The number of hydrogen-bond donors (Lipinski definition) is 0. The molecule has 0 unspecified atom stereocenters. The summed E-state index contributed by atoms with van der Waals surface area (Å²) in [5, 5.41) is 0. The highest BCUT2D eigenvalue weighted by molar-refractivity contribution is 6.13. The van der Waals surface area contributed by atoms with E-state index in [-0.39, 0.29) is 5.78 Å². The third kappa shape index (κ3) is 3.48. The van der Waals surface area contributed by atoms with Crippen LogP contribution in [0.5, 0.6) is 0 Å². The topological polar surface area (TPSA) is 20.3 Å². The van der Waals surface area contributed by atoms with E-state index in [1.54, 1.807) is 0 Å². The maximum Gasteiger partial charge on any atom is 0.193 e. The maximum absolute atomic E-state index is 13.0. The molecule has 0 amide bonds. The highest BCUT2D eigenvalue weighted by Gasteiger charge is 2.17. The summed E-state index contributed by atoms with van der Waals surface area (Å²) in [5.74, 6) is 0.0607. The molecule has 0 spiro atoms. The molecule has 0 aliphatic rings. The molecule has 0 saturated heterocycles. The average Bonchev–Trinajstić information content (AvgIpc) is 2.69. The van der Waals surface area contributed by atoms with Gasteiger partial charge in [0.2, 0.25) is 0 Å². The number of hydrogen-bond acceptors (Lipinski definition) is 2. The van der Waals surface area contributed by atoms with E-state index in [2.05, 4.69) is 36.9 Å². The minimum Gasteiger partial charge on any atom is -0.372 e. The Morgan fingerprint density at radius 1 is 0.720 bits per heavy atom. The van der Waals surface area contributed by atoms with Crippen molar-refractivity contribution in [2.75, 3.05) is 18.0 Å². The van der Waals surface area contributed by atoms with Crippen LogP contribution in [0, 0.1) is 0 Å².